The van der Waals surface area contributed by atoms with Crippen molar-refractivity contribution in [3.8, 4) is 0 Å². The Bertz CT molecular complexity index is 865. The largest absolute Gasteiger partial charge is 0.444 e. The third kappa shape index (κ3) is 5.65. The highest BCUT2D eigenvalue weighted by Gasteiger charge is 2.28. The number of rotatable bonds is 4. The Kier molecular flexibility index (Phi) is 6.85. The smallest absolute Gasteiger partial charge is 0.407 e. The molecule has 1 N–H and O–H groups in total. The molecule has 0 saturated carbocycles. The van der Waals surface area contributed by atoms with Crippen molar-refractivity contribution in [2.45, 2.75) is 64.6 Å². The first kappa shape index (κ1) is 21.9. The molecule has 2 amide bonds. The minimum atomic E-state index is -0.525. The lowest BCUT2D eigenvalue weighted by Gasteiger charge is -2.31. The predicted molar refractivity (Wildman–Crippen MR) is 117 cm³/mol. The van der Waals surface area contributed by atoms with Gasteiger partial charge in [-0.2, -0.15) is 0 Å². The summed E-state index contributed by atoms with van der Waals surface area (Å²) in [5.74, 6) is 0.0646. The van der Waals surface area contributed by atoms with Crippen molar-refractivity contribution in [2.24, 2.45) is 7.05 Å². The molecule has 1 aliphatic heterocycles. The number of carbonyl (C=O) groups excluding carboxylic acids is 2. The van der Waals surface area contributed by atoms with Gasteiger partial charge in [0, 0.05) is 37.6 Å². The van der Waals surface area contributed by atoms with Gasteiger partial charge in [0.1, 0.15) is 5.60 Å². The molecule has 2 aromatic rings. The molecule has 1 saturated heterocycles. The van der Waals surface area contributed by atoms with E-state index in [2.05, 4.69) is 16.0 Å². The number of amides is 2. The Hall–Kier alpha value is -2.76. The van der Waals surface area contributed by atoms with Crippen molar-refractivity contribution < 1.29 is 14.3 Å². The monoisotopic (exact) mass is 411 g/mol. The zero-order valence-electron chi connectivity index (χ0n) is 18.5. The molecule has 2 heterocycles. The van der Waals surface area contributed by atoms with Gasteiger partial charge in [-0.3, -0.25) is 4.79 Å². The summed E-state index contributed by atoms with van der Waals surface area (Å²) in [6.07, 6.45) is 5.90. The highest BCUT2D eigenvalue weighted by atomic mass is 16.6. The first-order chi connectivity index (χ1) is 14.2. The first-order valence-corrected chi connectivity index (χ1v) is 10.7. The van der Waals surface area contributed by atoms with Crippen molar-refractivity contribution in [2.75, 3.05) is 6.54 Å². The number of hydrogen-bond acceptors (Lipinski definition) is 3. The van der Waals surface area contributed by atoms with E-state index in [-0.39, 0.29) is 11.9 Å². The first-order valence-electron chi connectivity index (χ1n) is 10.7. The minimum absolute atomic E-state index is 0.0646. The van der Waals surface area contributed by atoms with Gasteiger partial charge in [0.2, 0.25) is 0 Å². The highest BCUT2D eigenvalue weighted by molar-refractivity contribution is 5.94. The Morgan fingerprint density at radius 2 is 1.83 bits per heavy atom. The van der Waals surface area contributed by atoms with E-state index in [1.54, 1.807) is 0 Å². The summed E-state index contributed by atoms with van der Waals surface area (Å²) in [6.45, 7) is 6.63. The minimum Gasteiger partial charge on any atom is -0.444 e. The molecular weight excluding hydrogens is 378 g/mol. The number of benzene rings is 1. The van der Waals surface area contributed by atoms with Crippen LogP contribution in [0.5, 0.6) is 0 Å². The summed E-state index contributed by atoms with van der Waals surface area (Å²) < 4.78 is 7.37. The quantitative estimate of drug-likeness (QED) is 0.785. The fraction of sp³-hybridized carbons (Fsp3) is 0.500. The van der Waals surface area contributed by atoms with Crippen molar-refractivity contribution in [1.82, 2.24) is 14.8 Å². The molecule has 1 aromatic carbocycles. The van der Waals surface area contributed by atoms with Gasteiger partial charge in [0.25, 0.3) is 5.91 Å². The highest BCUT2D eigenvalue weighted by Crippen LogP contribution is 2.31. The van der Waals surface area contributed by atoms with Gasteiger partial charge in [-0.1, -0.05) is 25.0 Å². The molecule has 0 aliphatic carbocycles. The third-order valence-corrected chi connectivity index (χ3v) is 5.38. The zero-order chi connectivity index (χ0) is 21.7. The van der Waals surface area contributed by atoms with Crippen LogP contribution in [-0.4, -0.2) is 33.6 Å². The van der Waals surface area contributed by atoms with E-state index in [1.807, 2.05) is 69.2 Å². The maximum Gasteiger partial charge on any atom is 0.407 e. The summed E-state index contributed by atoms with van der Waals surface area (Å²) in [5, 5.41) is 2.75. The van der Waals surface area contributed by atoms with Crippen molar-refractivity contribution in [1.29, 1.82) is 0 Å². The van der Waals surface area contributed by atoms with E-state index in [9.17, 15) is 9.59 Å². The molecule has 1 aliphatic rings. The van der Waals surface area contributed by atoms with E-state index in [4.69, 9.17) is 4.74 Å². The number of hydrogen-bond donors (Lipinski definition) is 1. The van der Waals surface area contributed by atoms with E-state index in [1.165, 1.54) is 5.69 Å². The standard InChI is InChI=1S/C24H33N3O3/c1-24(2,3)30-23(29)25-17-18-11-13-19(14-12-18)22(28)27-16-7-5-6-9-21(27)20-10-8-15-26(20)4/h8,10-15,21H,5-7,9,16-17H2,1-4H3,(H,25,29). The number of aromatic nitrogens is 1. The molecule has 1 fully saturated rings. The van der Waals surface area contributed by atoms with Crippen LogP contribution in [0, 0.1) is 0 Å². The number of aryl methyl sites for hydroxylation is 1. The summed E-state index contributed by atoms with van der Waals surface area (Å²) >= 11 is 0. The van der Waals surface area contributed by atoms with Crippen LogP contribution in [-0.2, 0) is 18.3 Å². The molecule has 30 heavy (non-hydrogen) atoms. The van der Waals surface area contributed by atoms with Crippen molar-refractivity contribution >= 4 is 12.0 Å². The number of carbonyl (C=O) groups is 2. The fourth-order valence-corrected chi connectivity index (χ4v) is 3.90. The van der Waals surface area contributed by atoms with Crippen molar-refractivity contribution in [3.05, 3.63) is 59.4 Å². The average Bonchev–Trinajstić information content (AvgIpc) is 2.97. The molecule has 0 spiro atoms. The van der Waals surface area contributed by atoms with E-state index in [0.29, 0.717) is 12.1 Å². The lowest BCUT2D eigenvalue weighted by atomic mass is 10.0. The maximum atomic E-state index is 13.3. The lowest BCUT2D eigenvalue weighted by molar-refractivity contribution is 0.0523. The van der Waals surface area contributed by atoms with E-state index in [0.717, 1.165) is 37.8 Å². The summed E-state index contributed by atoms with van der Waals surface area (Å²) in [7, 11) is 2.04. The second-order valence-corrected chi connectivity index (χ2v) is 8.96. The number of nitrogens with zero attached hydrogens (tertiary/aromatic N) is 2. The molecular formula is C24H33N3O3. The second kappa shape index (κ2) is 9.37. The molecule has 6 nitrogen and oxygen atoms in total. The lowest BCUT2D eigenvalue weighted by Crippen LogP contribution is -2.35. The number of alkyl carbamates (subject to hydrolysis) is 1. The molecule has 1 atom stereocenters. The average molecular weight is 412 g/mol. The topological polar surface area (TPSA) is 63.6 Å². The Labute approximate surface area is 179 Å². The predicted octanol–water partition coefficient (Wildman–Crippen LogP) is 4.81. The van der Waals surface area contributed by atoms with Crippen LogP contribution in [0.4, 0.5) is 4.79 Å². The maximum absolute atomic E-state index is 13.3. The fourth-order valence-electron chi connectivity index (χ4n) is 3.90. The van der Waals surface area contributed by atoms with Gasteiger partial charge < -0.3 is 19.5 Å². The Balaban J connectivity index is 1.68. The Morgan fingerprint density at radius 1 is 1.10 bits per heavy atom. The van der Waals surface area contributed by atoms with Gasteiger partial charge >= 0.3 is 6.09 Å². The number of nitrogens with one attached hydrogen (secondary N) is 1. The third-order valence-electron chi connectivity index (χ3n) is 5.38. The summed E-state index contributed by atoms with van der Waals surface area (Å²) in [4.78, 5) is 27.2. The Morgan fingerprint density at radius 3 is 2.47 bits per heavy atom. The van der Waals surface area contributed by atoms with Gasteiger partial charge in [0.15, 0.2) is 0 Å². The van der Waals surface area contributed by atoms with Gasteiger partial charge in [0.05, 0.1) is 6.04 Å². The second-order valence-electron chi connectivity index (χ2n) is 8.96. The van der Waals surface area contributed by atoms with Crippen LogP contribution in [0.15, 0.2) is 42.6 Å². The summed E-state index contributed by atoms with van der Waals surface area (Å²) in [6, 6.07) is 11.7. The molecule has 162 valence electrons. The van der Waals surface area contributed by atoms with Gasteiger partial charge in [-0.15, -0.1) is 0 Å². The van der Waals surface area contributed by atoms with Gasteiger partial charge in [-0.25, -0.2) is 4.79 Å². The van der Waals surface area contributed by atoms with Crippen LogP contribution in [0.1, 0.15) is 74.1 Å². The van der Waals surface area contributed by atoms with Gasteiger partial charge in [-0.05, 0) is 63.4 Å². The van der Waals surface area contributed by atoms with Crippen LogP contribution in [0.3, 0.4) is 0 Å². The molecule has 1 unspecified atom stereocenters. The van der Waals surface area contributed by atoms with Crippen LogP contribution in [0.25, 0.3) is 0 Å². The van der Waals surface area contributed by atoms with Crippen LogP contribution < -0.4 is 5.32 Å². The molecule has 6 heteroatoms. The van der Waals surface area contributed by atoms with Crippen LogP contribution in [0.2, 0.25) is 0 Å². The van der Waals surface area contributed by atoms with E-state index < -0.39 is 11.7 Å². The molecule has 3 rings (SSSR count). The SMILES string of the molecule is Cn1cccc1C1CCCCCN1C(=O)c1ccc(CNC(=O)OC(C)(C)C)cc1. The molecule has 0 radical (unpaired) electrons. The summed E-state index contributed by atoms with van der Waals surface area (Å²) in [5.41, 5.74) is 2.26. The van der Waals surface area contributed by atoms with Crippen molar-refractivity contribution in [3.63, 3.8) is 0 Å². The number of likely N-dealkylation sites (tertiary alicyclic amines) is 1. The molecule has 1 aromatic heterocycles. The molecule has 0 bridgehead atoms. The normalized spacial score (nSPS) is 17.3. The zero-order valence-corrected chi connectivity index (χ0v) is 18.5. The number of ether oxygens (including phenoxy) is 1. The van der Waals surface area contributed by atoms with Crippen LogP contribution >= 0.6 is 0 Å². The van der Waals surface area contributed by atoms with E-state index >= 15 is 0 Å².